The molecule has 0 saturated carbocycles. The number of nitrogens with one attached hydrogen (secondary N) is 2. The first-order valence-corrected chi connectivity index (χ1v) is 11.0. The maximum absolute atomic E-state index is 12.4. The minimum Gasteiger partial charge on any atom is -0.491 e. The summed E-state index contributed by atoms with van der Waals surface area (Å²) in [5.41, 5.74) is 1.72. The van der Waals surface area contributed by atoms with Crippen molar-refractivity contribution in [3.05, 3.63) is 59.9 Å². The number of hydrogen-bond donors (Lipinski definition) is 3. The number of likely N-dealkylation sites (N-methyl/N-ethyl adjacent to an activating group) is 1. The molecule has 1 aromatic carbocycles. The number of ether oxygens (including phenoxy) is 1. The first-order valence-electron chi connectivity index (χ1n) is 11.0. The van der Waals surface area contributed by atoms with Crippen molar-refractivity contribution in [2.24, 2.45) is 4.99 Å². The van der Waals surface area contributed by atoms with Crippen LogP contribution in [0, 0.1) is 0 Å². The number of guanidine groups is 1. The van der Waals surface area contributed by atoms with Gasteiger partial charge in [0.05, 0.1) is 12.2 Å². The molecule has 0 aliphatic heterocycles. The van der Waals surface area contributed by atoms with Crippen LogP contribution >= 0.6 is 0 Å². The van der Waals surface area contributed by atoms with Crippen LogP contribution in [-0.2, 0) is 11.2 Å². The van der Waals surface area contributed by atoms with Crippen molar-refractivity contribution < 1.29 is 14.6 Å². The van der Waals surface area contributed by atoms with Crippen LogP contribution in [0.3, 0.4) is 0 Å². The molecule has 1 unspecified atom stereocenters. The van der Waals surface area contributed by atoms with Gasteiger partial charge in [-0.15, -0.1) is 0 Å². The van der Waals surface area contributed by atoms with Crippen LogP contribution in [-0.4, -0.2) is 66.2 Å². The zero-order valence-corrected chi connectivity index (χ0v) is 19.4. The van der Waals surface area contributed by atoms with Gasteiger partial charge in [-0.3, -0.25) is 9.78 Å². The van der Waals surface area contributed by atoms with Gasteiger partial charge in [0.2, 0.25) is 5.91 Å². The van der Waals surface area contributed by atoms with E-state index in [2.05, 4.69) is 20.6 Å². The lowest BCUT2D eigenvalue weighted by Crippen LogP contribution is -2.40. The van der Waals surface area contributed by atoms with Gasteiger partial charge < -0.3 is 25.4 Å². The van der Waals surface area contributed by atoms with Crippen molar-refractivity contribution in [1.82, 2.24) is 20.5 Å². The Balaban J connectivity index is 1.83. The van der Waals surface area contributed by atoms with Crippen molar-refractivity contribution in [2.45, 2.75) is 39.4 Å². The second kappa shape index (κ2) is 13.3. The maximum atomic E-state index is 12.4. The molecular formula is C24H35N5O3. The Morgan fingerprint density at radius 2 is 1.94 bits per heavy atom. The molecule has 0 spiro atoms. The fraction of sp³-hybridized carbons (Fsp3) is 0.458. The first-order chi connectivity index (χ1) is 15.4. The monoisotopic (exact) mass is 441 g/mol. The number of aromatic nitrogens is 1. The van der Waals surface area contributed by atoms with Gasteiger partial charge in [-0.2, -0.15) is 0 Å². The number of carbonyl (C=O) groups excluding carboxylic acids is 1. The second-order valence-corrected chi connectivity index (χ2v) is 7.71. The number of aliphatic hydroxyl groups is 1. The largest absolute Gasteiger partial charge is 0.491 e. The number of pyridine rings is 1. The highest BCUT2D eigenvalue weighted by Gasteiger charge is 2.11. The minimum atomic E-state index is -0.719. The molecule has 1 atom stereocenters. The van der Waals surface area contributed by atoms with Crippen LogP contribution in [0.2, 0.25) is 0 Å². The fourth-order valence-electron chi connectivity index (χ4n) is 2.91. The van der Waals surface area contributed by atoms with E-state index in [0.717, 1.165) is 17.0 Å². The fourth-order valence-corrected chi connectivity index (χ4v) is 2.91. The second-order valence-electron chi connectivity index (χ2n) is 7.71. The first kappa shape index (κ1) is 25.1. The van der Waals surface area contributed by atoms with Crippen LogP contribution in [0.15, 0.2) is 53.7 Å². The number of aliphatic imine (C=N–C) groups is 1. The van der Waals surface area contributed by atoms with Gasteiger partial charge in [-0.25, -0.2) is 4.99 Å². The summed E-state index contributed by atoms with van der Waals surface area (Å²) < 4.78 is 5.63. The van der Waals surface area contributed by atoms with Crippen LogP contribution in [0.1, 0.15) is 38.1 Å². The van der Waals surface area contributed by atoms with Crippen molar-refractivity contribution in [2.75, 3.05) is 33.2 Å². The third kappa shape index (κ3) is 8.93. The SMILES string of the molecule is CCNC(=NCC(=O)N(C)CCc1ccccn1)NCC(O)c1ccc(OC(C)C)cc1. The lowest BCUT2D eigenvalue weighted by molar-refractivity contribution is -0.128. The predicted octanol–water partition coefficient (Wildman–Crippen LogP) is 2.16. The van der Waals surface area contributed by atoms with E-state index in [-0.39, 0.29) is 25.1 Å². The summed E-state index contributed by atoms with van der Waals surface area (Å²) in [6, 6.07) is 13.1. The van der Waals surface area contributed by atoms with Gasteiger partial charge >= 0.3 is 0 Å². The average Bonchev–Trinajstić information content (AvgIpc) is 2.79. The molecule has 0 bridgehead atoms. The van der Waals surface area contributed by atoms with Crippen LogP contribution in [0.25, 0.3) is 0 Å². The predicted molar refractivity (Wildman–Crippen MR) is 127 cm³/mol. The Morgan fingerprint density at radius 3 is 2.56 bits per heavy atom. The summed E-state index contributed by atoms with van der Waals surface area (Å²) in [5, 5.41) is 16.7. The number of nitrogens with zero attached hydrogens (tertiary/aromatic N) is 3. The van der Waals surface area contributed by atoms with E-state index in [0.29, 0.717) is 25.5 Å². The third-order valence-corrected chi connectivity index (χ3v) is 4.67. The van der Waals surface area contributed by atoms with E-state index in [1.165, 1.54) is 0 Å². The normalized spacial score (nSPS) is 12.4. The molecular weight excluding hydrogens is 406 g/mol. The molecule has 0 aliphatic carbocycles. The third-order valence-electron chi connectivity index (χ3n) is 4.67. The summed E-state index contributed by atoms with van der Waals surface area (Å²) in [6.45, 7) is 7.39. The topological polar surface area (TPSA) is 99.1 Å². The van der Waals surface area contributed by atoms with E-state index in [1.807, 2.05) is 63.2 Å². The molecule has 0 aliphatic rings. The van der Waals surface area contributed by atoms with E-state index in [9.17, 15) is 9.90 Å². The summed E-state index contributed by atoms with van der Waals surface area (Å²) in [7, 11) is 1.76. The average molecular weight is 442 g/mol. The Hall–Kier alpha value is -3.13. The zero-order chi connectivity index (χ0) is 23.3. The Labute approximate surface area is 190 Å². The lowest BCUT2D eigenvalue weighted by atomic mass is 10.1. The molecule has 0 radical (unpaired) electrons. The Bertz CT molecular complexity index is 840. The van der Waals surface area contributed by atoms with Gasteiger partial charge in [0.15, 0.2) is 5.96 Å². The number of aliphatic hydroxyl groups excluding tert-OH is 1. The number of rotatable bonds is 11. The van der Waals surface area contributed by atoms with Crippen molar-refractivity contribution in [3.63, 3.8) is 0 Å². The van der Waals surface area contributed by atoms with E-state index >= 15 is 0 Å². The standard InChI is InChI=1S/C24H35N5O3/c1-5-25-24(27-16-22(30)19-9-11-21(12-10-19)32-18(2)3)28-17-23(31)29(4)15-13-20-8-6-7-14-26-20/h6-12,14,18,22,30H,5,13,15-17H2,1-4H3,(H2,25,27,28). The Morgan fingerprint density at radius 1 is 1.19 bits per heavy atom. The molecule has 1 heterocycles. The van der Waals surface area contributed by atoms with E-state index in [4.69, 9.17) is 4.74 Å². The van der Waals surface area contributed by atoms with Crippen molar-refractivity contribution >= 4 is 11.9 Å². The summed E-state index contributed by atoms with van der Waals surface area (Å²) in [6.07, 6.45) is 1.82. The van der Waals surface area contributed by atoms with Gasteiger partial charge in [0.25, 0.3) is 0 Å². The summed E-state index contributed by atoms with van der Waals surface area (Å²) >= 11 is 0. The van der Waals surface area contributed by atoms with Gasteiger partial charge in [-0.1, -0.05) is 18.2 Å². The molecule has 8 nitrogen and oxygen atoms in total. The number of hydrogen-bond acceptors (Lipinski definition) is 5. The van der Waals surface area contributed by atoms with Crippen LogP contribution in [0.4, 0.5) is 0 Å². The zero-order valence-electron chi connectivity index (χ0n) is 19.4. The molecule has 1 amide bonds. The highest BCUT2D eigenvalue weighted by atomic mass is 16.5. The highest BCUT2D eigenvalue weighted by molar-refractivity contribution is 5.84. The molecule has 0 saturated heterocycles. The molecule has 32 heavy (non-hydrogen) atoms. The Kier molecular flexibility index (Phi) is 10.5. The lowest BCUT2D eigenvalue weighted by Gasteiger charge is -2.18. The molecule has 2 rings (SSSR count). The molecule has 1 aromatic heterocycles. The summed E-state index contributed by atoms with van der Waals surface area (Å²) in [5.74, 6) is 1.17. The quantitative estimate of drug-likeness (QED) is 0.365. The van der Waals surface area contributed by atoms with Crippen molar-refractivity contribution in [3.8, 4) is 5.75 Å². The molecule has 0 fully saturated rings. The molecule has 174 valence electrons. The van der Waals surface area contributed by atoms with Gasteiger partial charge in [0.1, 0.15) is 12.3 Å². The van der Waals surface area contributed by atoms with E-state index in [1.54, 1.807) is 18.1 Å². The number of benzene rings is 1. The summed E-state index contributed by atoms with van der Waals surface area (Å²) in [4.78, 5) is 22.7. The highest BCUT2D eigenvalue weighted by Crippen LogP contribution is 2.18. The van der Waals surface area contributed by atoms with E-state index < -0.39 is 6.10 Å². The molecule has 8 heteroatoms. The number of carbonyl (C=O) groups is 1. The van der Waals surface area contributed by atoms with Crippen LogP contribution in [0.5, 0.6) is 5.75 Å². The minimum absolute atomic E-state index is 0.0192. The maximum Gasteiger partial charge on any atom is 0.244 e. The van der Waals surface area contributed by atoms with Crippen LogP contribution < -0.4 is 15.4 Å². The number of amides is 1. The molecule has 3 N–H and O–H groups in total. The van der Waals surface area contributed by atoms with Crippen molar-refractivity contribution in [1.29, 1.82) is 0 Å². The van der Waals surface area contributed by atoms with Gasteiger partial charge in [0, 0.05) is 45.0 Å². The van der Waals surface area contributed by atoms with Gasteiger partial charge in [-0.05, 0) is 50.6 Å². The smallest absolute Gasteiger partial charge is 0.244 e. The molecule has 2 aromatic rings.